The van der Waals surface area contributed by atoms with Crippen molar-refractivity contribution in [1.29, 1.82) is 0 Å². The van der Waals surface area contributed by atoms with Crippen LogP contribution in [0.3, 0.4) is 0 Å². The summed E-state index contributed by atoms with van der Waals surface area (Å²) >= 11 is 6.19. The monoisotopic (exact) mass is 384 g/mol. The fourth-order valence-corrected chi connectivity index (χ4v) is 3.69. The molecule has 0 saturated carbocycles. The molecule has 5 heteroatoms. The van der Waals surface area contributed by atoms with Crippen LogP contribution in [0.15, 0.2) is 77.6 Å². The number of para-hydroxylation sites is 1. The van der Waals surface area contributed by atoms with Gasteiger partial charge in [-0.3, -0.25) is 9.36 Å². The topological polar surface area (TPSA) is 55.1 Å². The van der Waals surface area contributed by atoms with E-state index in [2.05, 4.69) is 16.8 Å². The van der Waals surface area contributed by atoms with E-state index in [1.165, 1.54) is 4.57 Å². The van der Waals surface area contributed by atoms with Crippen LogP contribution in [0, 0.1) is 11.8 Å². The zero-order chi connectivity index (χ0) is 19.3. The van der Waals surface area contributed by atoms with Crippen molar-refractivity contribution >= 4 is 22.5 Å². The van der Waals surface area contributed by atoms with E-state index in [0.29, 0.717) is 27.2 Å². The van der Waals surface area contributed by atoms with Gasteiger partial charge in [0.1, 0.15) is 0 Å². The smallest absolute Gasteiger partial charge is 0.266 e. The van der Waals surface area contributed by atoms with E-state index < -0.39 is 5.60 Å². The lowest BCUT2D eigenvalue weighted by molar-refractivity contribution is 0.141. The number of aromatic nitrogens is 2. The predicted octanol–water partition coefficient (Wildman–Crippen LogP) is 3.64. The van der Waals surface area contributed by atoms with Crippen LogP contribution in [0.1, 0.15) is 17.0 Å². The lowest BCUT2D eigenvalue weighted by Crippen LogP contribution is -2.28. The van der Waals surface area contributed by atoms with Crippen molar-refractivity contribution in [2.75, 3.05) is 0 Å². The van der Waals surface area contributed by atoms with Crippen molar-refractivity contribution in [2.24, 2.45) is 0 Å². The van der Waals surface area contributed by atoms with Gasteiger partial charge in [-0.2, -0.15) is 0 Å². The highest BCUT2D eigenvalue weighted by atomic mass is 35.5. The minimum Gasteiger partial charge on any atom is -0.367 e. The molecular formula is C23H13ClN2O2. The van der Waals surface area contributed by atoms with E-state index in [4.69, 9.17) is 11.6 Å². The van der Waals surface area contributed by atoms with Gasteiger partial charge in [-0.25, -0.2) is 4.98 Å². The SMILES string of the molecule is O=c1c2ccccc2nc2n1-c1ccc(Cl)cc1C2(O)C#Cc1ccccc1. The first kappa shape index (κ1) is 16.8. The standard InChI is InChI=1S/C23H13ClN2O2/c24-16-10-11-20-18(14-16)23(28,13-12-15-6-2-1-3-7-15)22-25-19-9-5-4-8-17(19)21(27)26(20)22/h1-11,14,28H. The summed E-state index contributed by atoms with van der Waals surface area (Å²) in [4.78, 5) is 17.8. The van der Waals surface area contributed by atoms with Gasteiger partial charge in [0.2, 0.25) is 5.60 Å². The maximum absolute atomic E-state index is 13.2. The van der Waals surface area contributed by atoms with Crippen molar-refractivity contribution in [3.05, 3.63) is 105 Å². The quantitative estimate of drug-likeness (QED) is 0.471. The molecule has 1 aliphatic heterocycles. The molecule has 0 spiro atoms. The normalized spacial score (nSPS) is 16.9. The number of rotatable bonds is 0. The zero-order valence-electron chi connectivity index (χ0n) is 14.6. The average Bonchev–Trinajstić information content (AvgIpc) is 2.96. The summed E-state index contributed by atoms with van der Waals surface area (Å²) in [6.07, 6.45) is 0. The molecule has 0 bridgehead atoms. The molecule has 1 N–H and O–H groups in total. The van der Waals surface area contributed by atoms with Crippen LogP contribution in [0.2, 0.25) is 5.02 Å². The highest BCUT2D eigenvalue weighted by Gasteiger charge is 2.44. The second-order valence-corrected chi connectivity index (χ2v) is 7.02. The molecule has 5 rings (SSSR count). The molecule has 0 amide bonds. The number of fused-ring (bicyclic) bond motifs is 4. The molecular weight excluding hydrogens is 372 g/mol. The first-order valence-corrected chi connectivity index (χ1v) is 9.09. The summed E-state index contributed by atoms with van der Waals surface area (Å²) in [5, 5.41) is 12.5. The van der Waals surface area contributed by atoms with Gasteiger partial charge in [0.05, 0.1) is 16.6 Å². The van der Waals surface area contributed by atoms with Crippen molar-refractivity contribution in [1.82, 2.24) is 9.55 Å². The fourth-order valence-electron chi connectivity index (χ4n) is 3.52. The molecule has 1 aliphatic rings. The summed E-state index contributed by atoms with van der Waals surface area (Å²) in [5.74, 6) is 6.11. The van der Waals surface area contributed by atoms with E-state index in [1.807, 2.05) is 30.3 Å². The van der Waals surface area contributed by atoms with E-state index in [-0.39, 0.29) is 11.4 Å². The largest absolute Gasteiger partial charge is 0.367 e. The molecule has 28 heavy (non-hydrogen) atoms. The van der Waals surface area contributed by atoms with Crippen molar-refractivity contribution in [2.45, 2.75) is 5.60 Å². The Bertz CT molecular complexity index is 1370. The van der Waals surface area contributed by atoms with Crippen LogP contribution in [-0.2, 0) is 5.60 Å². The summed E-state index contributed by atoms with van der Waals surface area (Å²) in [7, 11) is 0. The molecule has 4 nitrogen and oxygen atoms in total. The minimum absolute atomic E-state index is 0.178. The van der Waals surface area contributed by atoms with Gasteiger partial charge in [0.25, 0.3) is 5.56 Å². The Morgan fingerprint density at radius 3 is 2.57 bits per heavy atom. The van der Waals surface area contributed by atoms with Crippen LogP contribution in [-0.4, -0.2) is 14.7 Å². The Kier molecular flexibility index (Phi) is 3.63. The van der Waals surface area contributed by atoms with Crippen molar-refractivity contribution in [3.63, 3.8) is 0 Å². The first-order valence-electron chi connectivity index (χ1n) is 8.71. The molecule has 134 valence electrons. The van der Waals surface area contributed by atoms with E-state index in [1.54, 1.807) is 42.5 Å². The lowest BCUT2D eigenvalue weighted by atomic mass is 9.95. The van der Waals surface area contributed by atoms with Gasteiger partial charge < -0.3 is 5.11 Å². The second-order valence-electron chi connectivity index (χ2n) is 6.58. The van der Waals surface area contributed by atoms with E-state index in [9.17, 15) is 9.90 Å². The van der Waals surface area contributed by atoms with E-state index in [0.717, 1.165) is 5.56 Å². The maximum Gasteiger partial charge on any atom is 0.266 e. The van der Waals surface area contributed by atoms with Crippen LogP contribution in [0.5, 0.6) is 0 Å². The van der Waals surface area contributed by atoms with Gasteiger partial charge in [-0.15, -0.1) is 0 Å². The summed E-state index contributed by atoms with van der Waals surface area (Å²) < 4.78 is 1.42. The summed E-state index contributed by atoms with van der Waals surface area (Å²) in [6, 6.07) is 21.4. The lowest BCUT2D eigenvalue weighted by Gasteiger charge is -2.17. The zero-order valence-corrected chi connectivity index (χ0v) is 15.3. The molecule has 1 atom stereocenters. The number of nitrogens with zero attached hydrogens (tertiary/aromatic N) is 2. The molecule has 3 aromatic carbocycles. The van der Waals surface area contributed by atoms with Crippen molar-refractivity contribution in [3.8, 4) is 17.5 Å². The molecule has 4 aromatic rings. The fraction of sp³-hybridized carbons (Fsp3) is 0.0435. The Morgan fingerprint density at radius 2 is 1.75 bits per heavy atom. The van der Waals surface area contributed by atoms with Crippen LogP contribution in [0.4, 0.5) is 0 Å². The molecule has 0 fully saturated rings. The Hall–Kier alpha value is -3.39. The van der Waals surface area contributed by atoms with E-state index >= 15 is 0 Å². The molecule has 0 aliphatic carbocycles. The first-order chi connectivity index (χ1) is 13.6. The van der Waals surface area contributed by atoms with Crippen LogP contribution < -0.4 is 5.56 Å². The molecule has 1 aromatic heterocycles. The number of halogens is 1. The van der Waals surface area contributed by atoms with Crippen LogP contribution >= 0.6 is 11.6 Å². The van der Waals surface area contributed by atoms with Gasteiger partial charge in [0.15, 0.2) is 5.82 Å². The van der Waals surface area contributed by atoms with Gasteiger partial charge in [0, 0.05) is 16.1 Å². The second kappa shape index (κ2) is 6.07. The average molecular weight is 385 g/mol. The van der Waals surface area contributed by atoms with Gasteiger partial charge in [-0.05, 0) is 48.4 Å². The molecule has 0 saturated heterocycles. The highest BCUT2D eigenvalue weighted by molar-refractivity contribution is 6.30. The third-order valence-electron chi connectivity index (χ3n) is 4.85. The maximum atomic E-state index is 13.2. The number of hydrogen-bond donors (Lipinski definition) is 1. The van der Waals surface area contributed by atoms with Crippen LogP contribution in [0.25, 0.3) is 16.6 Å². The third kappa shape index (κ3) is 2.38. The number of benzene rings is 3. The Morgan fingerprint density at radius 1 is 1.00 bits per heavy atom. The Balaban J connectivity index is 1.86. The summed E-state index contributed by atoms with van der Waals surface area (Å²) in [6.45, 7) is 0. The third-order valence-corrected chi connectivity index (χ3v) is 5.09. The van der Waals surface area contributed by atoms with Gasteiger partial charge in [-0.1, -0.05) is 47.9 Å². The minimum atomic E-state index is -1.75. The van der Waals surface area contributed by atoms with Gasteiger partial charge >= 0.3 is 0 Å². The summed E-state index contributed by atoms with van der Waals surface area (Å²) in [5.41, 5.74) is 0.246. The molecule has 0 radical (unpaired) electrons. The number of hydrogen-bond acceptors (Lipinski definition) is 3. The molecule has 1 unspecified atom stereocenters. The number of aliphatic hydroxyl groups is 1. The van der Waals surface area contributed by atoms with Crippen molar-refractivity contribution < 1.29 is 5.11 Å². The highest BCUT2D eigenvalue weighted by Crippen LogP contribution is 2.40. The Labute approximate surface area is 165 Å². The molecule has 2 heterocycles. The predicted molar refractivity (Wildman–Crippen MR) is 109 cm³/mol.